The Morgan fingerprint density at radius 3 is 2.71 bits per heavy atom. The average molecular weight is 192 g/mol. The zero-order chi connectivity index (χ0) is 10.2. The SMILES string of the molecule is CC1(c2ccc(OC(N)=O)cn2)CC1. The maximum absolute atomic E-state index is 10.4. The molecule has 0 aliphatic heterocycles. The fourth-order valence-electron chi connectivity index (χ4n) is 1.36. The van der Waals surface area contributed by atoms with Crippen LogP contribution in [0.1, 0.15) is 25.5 Å². The smallest absolute Gasteiger partial charge is 0.409 e. The predicted octanol–water partition coefficient (Wildman–Crippen LogP) is 1.59. The molecule has 1 heterocycles. The van der Waals surface area contributed by atoms with Gasteiger partial charge in [0.15, 0.2) is 5.75 Å². The molecule has 1 aromatic heterocycles. The number of rotatable bonds is 2. The molecule has 0 unspecified atom stereocenters. The Kier molecular flexibility index (Phi) is 1.91. The zero-order valence-electron chi connectivity index (χ0n) is 7.99. The Morgan fingerprint density at radius 1 is 1.57 bits per heavy atom. The third-order valence-corrected chi connectivity index (χ3v) is 2.57. The van der Waals surface area contributed by atoms with Crippen LogP contribution in [0.15, 0.2) is 18.3 Å². The summed E-state index contributed by atoms with van der Waals surface area (Å²) in [7, 11) is 0. The highest BCUT2D eigenvalue weighted by molar-refractivity contribution is 5.67. The van der Waals surface area contributed by atoms with Gasteiger partial charge < -0.3 is 10.5 Å². The van der Waals surface area contributed by atoms with Crippen LogP contribution in [0.25, 0.3) is 0 Å². The lowest BCUT2D eigenvalue weighted by Crippen LogP contribution is -2.16. The van der Waals surface area contributed by atoms with Crippen molar-refractivity contribution < 1.29 is 9.53 Å². The number of carbonyl (C=O) groups excluding carboxylic acids is 1. The summed E-state index contributed by atoms with van der Waals surface area (Å²) in [5.41, 5.74) is 6.16. The van der Waals surface area contributed by atoms with Gasteiger partial charge in [-0.1, -0.05) is 6.92 Å². The highest BCUT2D eigenvalue weighted by Gasteiger charge is 2.40. The molecule has 2 rings (SSSR count). The van der Waals surface area contributed by atoms with E-state index in [1.807, 2.05) is 6.07 Å². The molecule has 1 fully saturated rings. The Bertz CT molecular complexity index is 355. The number of nitrogens with zero attached hydrogens (tertiary/aromatic N) is 1. The summed E-state index contributed by atoms with van der Waals surface area (Å²) < 4.78 is 4.68. The molecular weight excluding hydrogens is 180 g/mol. The van der Waals surface area contributed by atoms with Crippen molar-refractivity contribution >= 4 is 6.09 Å². The normalized spacial score (nSPS) is 17.5. The molecular formula is C10H12N2O2. The van der Waals surface area contributed by atoms with Gasteiger partial charge in [0.25, 0.3) is 0 Å². The minimum absolute atomic E-state index is 0.241. The van der Waals surface area contributed by atoms with Crippen LogP contribution in [0.2, 0.25) is 0 Å². The van der Waals surface area contributed by atoms with Crippen LogP contribution < -0.4 is 10.5 Å². The number of amides is 1. The maximum Gasteiger partial charge on any atom is 0.410 e. The maximum atomic E-state index is 10.4. The number of ether oxygens (including phenoxy) is 1. The topological polar surface area (TPSA) is 65.2 Å². The first-order valence-corrected chi connectivity index (χ1v) is 4.54. The second-order valence-corrected chi connectivity index (χ2v) is 3.86. The minimum atomic E-state index is -0.808. The average Bonchev–Trinajstić information content (AvgIpc) is 2.85. The predicted molar refractivity (Wildman–Crippen MR) is 51.0 cm³/mol. The number of pyridine rings is 1. The Morgan fingerprint density at radius 2 is 2.29 bits per heavy atom. The van der Waals surface area contributed by atoms with Gasteiger partial charge in [-0.15, -0.1) is 0 Å². The van der Waals surface area contributed by atoms with Crippen molar-refractivity contribution in [3.05, 3.63) is 24.0 Å². The van der Waals surface area contributed by atoms with Gasteiger partial charge in [-0.3, -0.25) is 4.98 Å². The van der Waals surface area contributed by atoms with Gasteiger partial charge in [0.2, 0.25) is 0 Å². The van der Waals surface area contributed by atoms with Crippen LogP contribution in [0, 0.1) is 0 Å². The fourth-order valence-corrected chi connectivity index (χ4v) is 1.36. The lowest BCUT2D eigenvalue weighted by molar-refractivity contribution is 0.210. The molecule has 1 aliphatic carbocycles. The molecule has 74 valence electrons. The first kappa shape index (κ1) is 8.99. The van der Waals surface area contributed by atoms with Crippen LogP contribution in [-0.4, -0.2) is 11.1 Å². The molecule has 1 aromatic rings. The molecule has 0 radical (unpaired) electrons. The quantitative estimate of drug-likeness (QED) is 0.773. The van der Waals surface area contributed by atoms with Crippen LogP contribution in [0.4, 0.5) is 4.79 Å². The van der Waals surface area contributed by atoms with Gasteiger partial charge in [0.05, 0.1) is 6.20 Å². The Hall–Kier alpha value is -1.58. The third kappa shape index (κ3) is 1.69. The summed E-state index contributed by atoms with van der Waals surface area (Å²) in [6, 6.07) is 3.60. The summed E-state index contributed by atoms with van der Waals surface area (Å²) in [6.45, 7) is 2.17. The standard InChI is InChI=1S/C10H12N2O2/c1-10(4-5-10)8-3-2-7(6-12-8)14-9(11)13/h2-3,6H,4-5H2,1H3,(H2,11,13). The first-order valence-electron chi connectivity index (χ1n) is 4.54. The second kappa shape index (κ2) is 2.97. The van der Waals surface area contributed by atoms with Gasteiger partial charge in [-0.2, -0.15) is 0 Å². The van der Waals surface area contributed by atoms with Crippen LogP contribution >= 0.6 is 0 Å². The minimum Gasteiger partial charge on any atom is -0.409 e. The van der Waals surface area contributed by atoms with E-state index in [9.17, 15) is 4.79 Å². The van der Waals surface area contributed by atoms with Crippen molar-refractivity contribution in [1.29, 1.82) is 0 Å². The number of nitrogens with two attached hydrogens (primary N) is 1. The van der Waals surface area contributed by atoms with E-state index in [2.05, 4.69) is 16.6 Å². The van der Waals surface area contributed by atoms with Gasteiger partial charge in [0, 0.05) is 11.1 Å². The molecule has 0 atom stereocenters. The van der Waals surface area contributed by atoms with Crippen LogP contribution in [-0.2, 0) is 5.41 Å². The fraction of sp³-hybridized carbons (Fsp3) is 0.400. The molecule has 1 amide bonds. The summed E-state index contributed by atoms with van der Waals surface area (Å²) in [5.74, 6) is 0.394. The Labute approximate surface area is 82.1 Å². The number of aromatic nitrogens is 1. The molecule has 1 aliphatic rings. The monoisotopic (exact) mass is 192 g/mol. The van der Waals surface area contributed by atoms with E-state index in [0.29, 0.717) is 5.75 Å². The number of hydrogen-bond acceptors (Lipinski definition) is 3. The number of carbonyl (C=O) groups is 1. The molecule has 14 heavy (non-hydrogen) atoms. The van der Waals surface area contributed by atoms with Crippen molar-refractivity contribution in [2.24, 2.45) is 5.73 Å². The van der Waals surface area contributed by atoms with E-state index in [4.69, 9.17) is 5.73 Å². The largest absolute Gasteiger partial charge is 0.410 e. The van der Waals surface area contributed by atoms with E-state index in [0.717, 1.165) is 5.69 Å². The van der Waals surface area contributed by atoms with Crippen molar-refractivity contribution in [1.82, 2.24) is 4.98 Å². The summed E-state index contributed by atoms with van der Waals surface area (Å²) >= 11 is 0. The van der Waals surface area contributed by atoms with E-state index in [1.165, 1.54) is 19.0 Å². The van der Waals surface area contributed by atoms with Gasteiger partial charge in [-0.25, -0.2) is 4.79 Å². The molecule has 2 N–H and O–H groups in total. The molecule has 0 aromatic carbocycles. The lowest BCUT2D eigenvalue weighted by Gasteiger charge is -2.07. The van der Waals surface area contributed by atoms with Gasteiger partial charge >= 0.3 is 6.09 Å². The molecule has 0 spiro atoms. The highest BCUT2D eigenvalue weighted by atomic mass is 16.5. The molecule has 1 saturated carbocycles. The summed E-state index contributed by atoms with van der Waals surface area (Å²) in [6.07, 6.45) is 3.08. The van der Waals surface area contributed by atoms with Gasteiger partial charge in [0.1, 0.15) is 0 Å². The summed E-state index contributed by atoms with van der Waals surface area (Å²) in [4.78, 5) is 14.7. The zero-order valence-corrected chi connectivity index (χ0v) is 7.99. The molecule has 0 saturated heterocycles. The van der Waals surface area contributed by atoms with E-state index in [1.54, 1.807) is 6.07 Å². The van der Waals surface area contributed by atoms with Gasteiger partial charge in [-0.05, 0) is 25.0 Å². The van der Waals surface area contributed by atoms with Crippen molar-refractivity contribution in [3.8, 4) is 5.75 Å². The highest BCUT2D eigenvalue weighted by Crippen LogP contribution is 2.46. The van der Waals surface area contributed by atoms with Crippen LogP contribution in [0.5, 0.6) is 5.75 Å². The van der Waals surface area contributed by atoms with Crippen molar-refractivity contribution in [3.63, 3.8) is 0 Å². The number of primary amides is 1. The third-order valence-electron chi connectivity index (χ3n) is 2.57. The van der Waals surface area contributed by atoms with Crippen molar-refractivity contribution in [2.75, 3.05) is 0 Å². The van der Waals surface area contributed by atoms with E-state index < -0.39 is 6.09 Å². The van der Waals surface area contributed by atoms with Crippen LogP contribution in [0.3, 0.4) is 0 Å². The molecule has 4 nitrogen and oxygen atoms in total. The Balaban J connectivity index is 2.14. The van der Waals surface area contributed by atoms with E-state index >= 15 is 0 Å². The lowest BCUT2D eigenvalue weighted by atomic mass is 10.1. The molecule has 4 heteroatoms. The van der Waals surface area contributed by atoms with Crippen molar-refractivity contribution in [2.45, 2.75) is 25.2 Å². The number of hydrogen-bond donors (Lipinski definition) is 1. The van der Waals surface area contributed by atoms with E-state index in [-0.39, 0.29) is 5.41 Å². The second-order valence-electron chi connectivity index (χ2n) is 3.86. The first-order chi connectivity index (χ1) is 6.60. The molecule has 0 bridgehead atoms. The summed E-state index contributed by atoms with van der Waals surface area (Å²) in [5, 5.41) is 0.